The Hall–Kier alpha value is -3.19. The molecule has 0 atom stereocenters. The normalized spacial score (nSPS) is 15.6. The summed E-state index contributed by atoms with van der Waals surface area (Å²) in [4.78, 5) is 8.66. The van der Waals surface area contributed by atoms with Crippen molar-refractivity contribution in [2.24, 2.45) is 17.2 Å². The van der Waals surface area contributed by atoms with Gasteiger partial charge >= 0.3 is 0 Å². The topological polar surface area (TPSA) is 118 Å². The largest absolute Gasteiger partial charge is 0.507 e. The fourth-order valence-corrected chi connectivity index (χ4v) is 3.20. The minimum Gasteiger partial charge on any atom is -0.507 e. The van der Waals surface area contributed by atoms with Gasteiger partial charge in [0.15, 0.2) is 0 Å². The third-order valence-electron chi connectivity index (χ3n) is 4.64. The Bertz CT molecular complexity index is 821. The number of aromatic nitrogens is 1. The lowest BCUT2D eigenvalue weighted by Crippen LogP contribution is -2.46. The van der Waals surface area contributed by atoms with Crippen molar-refractivity contribution < 1.29 is 5.11 Å². The molecule has 2 heterocycles. The SMILES string of the molecule is NC(N)=C(/C=C(\N)c1ccccc1O)N1CCN(Cc2cccnc2)CC1. The van der Waals surface area contributed by atoms with E-state index in [0.29, 0.717) is 17.0 Å². The first-order valence-corrected chi connectivity index (χ1v) is 8.91. The van der Waals surface area contributed by atoms with Crippen molar-refractivity contribution >= 4 is 5.70 Å². The van der Waals surface area contributed by atoms with Gasteiger partial charge in [0.25, 0.3) is 0 Å². The Kier molecular flexibility index (Phi) is 5.83. The molecule has 0 amide bonds. The van der Waals surface area contributed by atoms with Crippen LogP contribution < -0.4 is 17.2 Å². The molecular formula is C20H26N6O. The van der Waals surface area contributed by atoms with Gasteiger partial charge < -0.3 is 27.2 Å². The average molecular weight is 366 g/mol. The van der Waals surface area contributed by atoms with Gasteiger partial charge in [-0.1, -0.05) is 18.2 Å². The third-order valence-corrected chi connectivity index (χ3v) is 4.64. The number of allylic oxidation sites excluding steroid dienone is 1. The zero-order valence-corrected chi connectivity index (χ0v) is 15.3. The summed E-state index contributed by atoms with van der Waals surface area (Å²) in [6.07, 6.45) is 5.41. The zero-order valence-electron chi connectivity index (χ0n) is 15.3. The number of nitrogens with zero attached hydrogens (tertiary/aromatic N) is 3. The number of rotatable bonds is 5. The van der Waals surface area contributed by atoms with Crippen LogP contribution in [0.4, 0.5) is 0 Å². The van der Waals surface area contributed by atoms with Gasteiger partial charge in [0.2, 0.25) is 0 Å². The first kappa shape index (κ1) is 18.6. The van der Waals surface area contributed by atoms with E-state index in [1.807, 2.05) is 18.3 Å². The molecule has 7 N–H and O–H groups in total. The quantitative estimate of drug-likeness (QED) is 0.583. The molecule has 1 aromatic carbocycles. The van der Waals surface area contributed by atoms with E-state index in [2.05, 4.69) is 20.9 Å². The van der Waals surface area contributed by atoms with E-state index in [9.17, 15) is 5.11 Å². The second kappa shape index (κ2) is 8.46. The molecule has 0 spiro atoms. The lowest BCUT2D eigenvalue weighted by Gasteiger charge is -2.37. The molecule has 0 aliphatic carbocycles. The number of aromatic hydroxyl groups is 1. The molecule has 0 radical (unpaired) electrons. The molecule has 0 saturated carbocycles. The molecule has 7 heteroatoms. The third kappa shape index (κ3) is 4.71. The molecule has 3 rings (SSSR count). The molecule has 1 aliphatic rings. The molecule has 142 valence electrons. The van der Waals surface area contributed by atoms with Gasteiger partial charge in [0.05, 0.1) is 5.70 Å². The number of benzene rings is 1. The number of nitrogens with two attached hydrogens (primary N) is 3. The summed E-state index contributed by atoms with van der Waals surface area (Å²) in [5.41, 5.74) is 20.9. The Morgan fingerprint density at radius 1 is 1.04 bits per heavy atom. The van der Waals surface area contributed by atoms with Gasteiger partial charge in [0, 0.05) is 56.4 Å². The summed E-state index contributed by atoms with van der Waals surface area (Å²) in [5.74, 6) is 0.344. The molecule has 27 heavy (non-hydrogen) atoms. The molecule has 1 fully saturated rings. The van der Waals surface area contributed by atoms with E-state index in [-0.39, 0.29) is 11.6 Å². The van der Waals surface area contributed by atoms with Gasteiger partial charge in [-0.05, 0) is 29.8 Å². The van der Waals surface area contributed by atoms with Crippen molar-refractivity contribution in [1.29, 1.82) is 0 Å². The lowest BCUT2D eigenvalue weighted by atomic mass is 10.1. The predicted octanol–water partition coefficient (Wildman–Crippen LogP) is 0.991. The van der Waals surface area contributed by atoms with Gasteiger partial charge in [-0.2, -0.15) is 0 Å². The highest BCUT2D eigenvalue weighted by Gasteiger charge is 2.20. The maximum atomic E-state index is 9.99. The van der Waals surface area contributed by atoms with Crippen LogP contribution in [-0.4, -0.2) is 46.1 Å². The van der Waals surface area contributed by atoms with Crippen molar-refractivity contribution in [3.8, 4) is 5.75 Å². The van der Waals surface area contributed by atoms with E-state index in [1.54, 1.807) is 30.5 Å². The second-order valence-corrected chi connectivity index (χ2v) is 6.58. The Balaban J connectivity index is 1.68. The smallest absolute Gasteiger partial charge is 0.124 e. The van der Waals surface area contributed by atoms with Crippen LogP contribution in [0.25, 0.3) is 5.70 Å². The van der Waals surface area contributed by atoms with Gasteiger partial charge in [-0.3, -0.25) is 9.88 Å². The summed E-state index contributed by atoms with van der Waals surface area (Å²) >= 11 is 0. The minimum absolute atomic E-state index is 0.127. The van der Waals surface area contributed by atoms with Crippen molar-refractivity contribution in [2.45, 2.75) is 6.54 Å². The van der Waals surface area contributed by atoms with Crippen molar-refractivity contribution in [1.82, 2.24) is 14.8 Å². The van der Waals surface area contributed by atoms with Crippen molar-refractivity contribution in [3.63, 3.8) is 0 Å². The van der Waals surface area contributed by atoms with Gasteiger partial charge in [0.1, 0.15) is 11.6 Å². The van der Waals surface area contributed by atoms with Crippen LogP contribution in [0.1, 0.15) is 11.1 Å². The van der Waals surface area contributed by atoms with Crippen LogP contribution in [0, 0.1) is 0 Å². The number of phenols is 1. The van der Waals surface area contributed by atoms with Crippen LogP contribution in [-0.2, 0) is 6.54 Å². The van der Waals surface area contributed by atoms with Gasteiger partial charge in [-0.15, -0.1) is 0 Å². The molecule has 1 saturated heterocycles. The molecule has 7 nitrogen and oxygen atoms in total. The summed E-state index contributed by atoms with van der Waals surface area (Å²) in [6, 6.07) is 11.0. The summed E-state index contributed by atoms with van der Waals surface area (Å²) in [5, 5.41) is 9.99. The first-order chi connectivity index (χ1) is 13.0. The molecule has 2 aromatic rings. The molecule has 1 aromatic heterocycles. The Labute approximate surface area is 159 Å². The second-order valence-electron chi connectivity index (χ2n) is 6.58. The number of phenolic OH excluding ortho intramolecular Hbond substituents is 1. The van der Waals surface area contributed by atoms with Crippen LogP contribution in [0.3, 0.4) is 0 Å². The van der Waals surface area contributed by atoms with Crippen LogP contribution in [0.15, 0.2) is 66.4 Å². The van der Waals surface area contributed by atoms with E-state index < -0.39 is 0 Å². The minimum atomic E-state index is 0.127. The van der Waals surface area contributed by atoms with E-state index in [1.165, 1.54) is 5.56 Å². The highest BCUT2D eigenvalue weighted by Crippen LogP contribution is 2.23. The summed E-state index contributed by atoms with van der Waals surface area (Å²) in [7, 11) is 0. The number of para-hydroxylation sites is 1. The Morgan fingerprint density at radius 3 is 2.41 bits per heavy atom. The highest BCUT2D eigenvalue weighted by atomic mass is 16.3. The maximum Gasteiger partial charge on any atom is 0.124 e. The summed E-state index contributed by atoms with van der Waals surface area (Å²) in [6.45, 7) is 4.22. The molecule has 1 aliphatic heterocycles. The standard InChI is InChI=1S/C20H26N6O/c21-17(16-5-1-2-6-19(16)27)12-18(20(22)23)26-10-8-25(9-11-26)14-15-4-3-7-24-13-15/h1-7,12-13,27H,8-11,14,21-23H2/b17-12-. The van der Waals surface area contributed by atoms with Crippen molar-refractivity contribution in [3.05, 3.63) is 77.5 Å². The zero-order chi connectivity index (χ0) is 19.2. The fraction of sp³-hybridized carbons (Fsp3) is 0.250. The molecular weight excluding hydrogens is 340 g/mol. The Morgan fingerprint density at radius 2 is 1.78 bits per heavy atom. The van der Waals surface area contributed by atoms with Crippen LogP contribution in [0.2, 0.25) is 0 Å². The van der Waals surface area contributed by atoms with Crippen LogP contribution >= 0.6 is 0 Å². The van der Waals surface area contributed by atoms with E-state index in [0.717, 1.165) is 32.7 Å². The van der Waals surface area contributed by atoms with Crippen molar-refractivity contribution in [2.75, 3.05) is 26.2 Å². The summed E-state index contributed by atoms with van der Waals surface area (Å²) < 4.78 is 0. The first-order valence-electron chi connectivity index (χ1n) is 8.91. The monoisotopic (exact) mass is 366 g/mol. The number of hydrogen-bond donors (Lipinski definition) is 4. The van der Waals surface area contributed by atoms with E-state index >= 15 is 0 Å². The number of piperazine rings is 1. The molecule has 0 unspecified atom stereocenters. The molecule has 0 bridgehead atoms. The maximum absolute atomic E-state index is 9.99. The fourth-order valence-electron chi connectivity index (χ4n) is 3.20. The number of hydrogen-bond acceptors (Lipinski definition) is 7. The highest BCUT2D eigenvalue weighted by molar-refractivity contribution is 5.69. The van der Waals surface area contributed by atoms with Crippen LogP contribution in [0.5, 0.6) is 5.75 Å². The number of pyridine rings is 1. The lowest BCUT2D eigenvalue weighted by molar-refractivity contribution is 0.154. The van der Waals surface area contributed by atoms with E-state index in [4.69, 9.17) is 17.2 Å². The van der Waals surface area contributed by atoms with Gasteiger partial charge in [-0.25, -0.2) is 0 Å². The predicted molar refractivity (Wildman–Crippen MR) is 107 cm³/mol. The average Bonchev–Trinajstić information content (AvgIpc) is 2.68.